The largest absolute Gasteiger partial charge is 0.460 e. The monoisotopic (exact) mass is 190 g/mol. The van der Waals surface area contributed by atoms with Crippen LogP contribution < -0.4 is 0 Å². The van der Waals surface area contributed by atoms with Crippen molar-refractivity contribution < 1.29 is 14.3 Å². The number of carbonyl (C=O) groups is 2. The Balaban J connectivity index is 1.83. The molecule has 3 heteroatoms. The van der Waals surface area contributed by atoms with E-state index in [1.807, 2.05) is 30.3 Å². The van der Waals surface area contributed by atoms with Crippen molar-refractivity contribution in [2.45, 2.75) is 13.0 Å². The topological polar surface area (TPSA) is 43.4 Å². The summed E-state index contributed by atoms with van der Waals surface area (Å²) in [6, 6.07) is 9.41. The Morgan fingerprint density at radius 2 is 2.00 bits per heavy atom. The molecule has 0 radical (unpaired) electrons. The van der Waals surface area contributed by atoms with E-state index < -0.39 is 5.92 Å². The van der Waals surface area contributed by atoms with E-state index in [2.05, 4.69) is 0 Å². The third-order valence-corrected chi connectivity index (χ3v) is 2.14. The molecule has 0 aromatic heterocycles. The molecule has 0 amide bonds. The van der Waals surface area contributed by atoms with Gasteiger partial charge in [0.1, 0.15) is 18.3 Å². The van der Waals surface area contributed by atoms with E-state index in [1.165, 1.54) is 0 Å². The van der Waals surface area contributed by atoms with Crippen molar-refractivity contribution in [2.75, 3.05) is 0 Å². The molecule has 0 N–H and O–H groups in total. The average Bonchev–Trinajstić information content (AvgIpc) is 2.94. The maximum absolute atomic E-state index is 11.1. The molecule has 1 fully saturated rings. The number of hydrogen-bond acceptors (Lipinski definition) is 3. The van der Waals surface area contributed by atoms with Crippen molar-refractivity contribution in [1.29, 1.82) is 0 Å². The number of Topliss-reactive ketones (excluding diaryl/α,β-unsaturated/α-hetero) is 1. The van der Waals surface area contributed by atoms with E-state index in [0.29, 0.717) is 6.42 Å². The van der Waals surface area contributed by atoms with Gasteiger partial charge in [0.2, 0.25) is 0 Å². The lowest BCUT2D eigenvalue weighted by atomic mass is 10.2. The van der Waals surface area contributed by atoms with Crippen LogP contribution in [0.2, 0.25) is 0 Å². The van der Waals surface area contributed by atoms with Crippen LogP contribution in [0.4, 0.5) is 0 Å². The predicted molar refractivity (Wildman–Crippen MR) is 49.4 cm³/mol. The Bertz CT molecular complexity index is 356. The van der Waals surface area contributed by atoms with Crippen LogP contribution in [-0.4, -0.2) is 11.8 Å². The Labute approximate surface area is 81.7 Å². The SMILES string of the molecule is O=C1CC1C(=O)OCc1ccccc1. The molecule has 1 aliphatic rings. The van der Waals surface area contributed by atoms with E-state index in [0.717, 1.165) is 5.56 Å². The van der Waals surface area contributed by atoms with Gasteiger partial charge in [0.25, 0.3) is 0 Å². The van der Waals surface area contributed by atoms with Crippen LogP contribution in [0.25, 0.3) is 0 Å². The highest BCUT2D eigenvalue weighted by Gasteiger charge is 2.42. The summed E-state index contributed by atoms with van der Waals surface area (Å²) in [4.78, 5) is 21.8. The molecule has 1 aliphatic carbocycles. The second-order valence-electron chi connectivity index (χ2n) is 3.32. The highest BCUT2D eigenvalue weighted by Crippen LogP contribution is 2.25. The smallest absolute Gasteiger partial charge is 0.317 e. The van der Waals surface area contributed by atoms with Crippen LogP contribution in [0.1, 0.15) is 12.0 Å². The molecule has 1 aromatic rings. The molecule has 2 rings (SSSR count). The van der Waals surface area contributed by atoms with E-state index in [4.69, 9.17) is 4.74 Å². The minimum Gasteiger partial charge on any atom is -0.460 e. The fraction of sp³-hybridized carbons (Fsp3) is 0.273. The van der Waals surface area contributed by atoms with Crippen LogP contribution in [0.3, 0.4) is 0 Å². The fourth-order valence-electron chi connectivity index (χ4n) is 1.19. The second-order valence-corrected chi connectivity index (χ2v) is 3.32. The Hall–Kier alpha value is -1.64. The van der Waals surface area contributed by atoms with Gasteiger partial charge in [-0.2, -0.15) is 0 Å². The number of hydrogen-bond donors (Lipinski definition) is 0. The van der Waals surface area contributed by atoms with Gasteiger partial charge >= 0.3 is 5.97 Å². The average molecular weight is 190 g/mol. The summed E-state index contributed by atoms with van der Waals surface area (Å²) in [5.74, 6) is -0.874. The van der Waals surface area contributed by atoms with Gasteiger partial charge in [0.15, 0.2) is 0 Å². The molecule has 1 aromatic carbocycles. The standard InChI is InChI=1S/C11H10O3/c12-10-6-9(10)11(13)14-7-8-4-2-1-3-5-8/h1-5,9H,6-7H2. The van der Waals surface area contributed by atoms with E-state index in [-0.39, 0.29) is 18.4 Å². The van der Waals surface area contributed by atoms with Gasteiger partial charge in [-0.1, -0.05) is 30.3 Å². The lowest BCUT2D eigenvalue weighted by Crippen LogP contribution is -2.07. The molecule has 1 unspecified atom stereocenters. The summed E-state index contributed by atoms with van der Waals surface area (Å²) in [5.41, 5.74) is 0.939. The van der Waals surface area contributed by atoms with Gasteiger partial charge in [0, 0.05) is 6.42 Å². The number of carbonyl (C=O) groups excluding carboxylic acids is 2. The first-order chi connectivity index (χ1) is 6.77. The number of ether oxygens (including phenoxy) is 1. The van der Waals surface area contributed by atoms with Gasteiger partial charge < -0.3 is 4.74 Å². The first kappa shape index (κ1) is 8.94. The summed E-state index contributed by atoms with van der Waals surface area (Å²) < 4.78 is 4.96. The first-order valence-electron chi connectivity index (χ1n) is 4.50. The number of esters is 1. The Morgan fingerprint density at radius 3 is 2.57 bits per heavy atom. The lowest BCUT2D eigenvalue weighted by Gasteiger charge is -2.02. The zero-order valence-electron chi connectivity index (χ0n) is 7.60. The molecule has 1 atom stereocenters. The zero-order valence-corrected chi connectivity index (χ0v) is 7.60. The van der Waals surface area contributed by atoms with Gasteiger partial charge in [-0.3, -0.25) is 9.59 Å². The predicted octanol–water partition coefficient (Wildman–Crippen LogP) is 1.32. The summed E-state index contributed by atoms with van der Waals surface area (Å²) in [6.07, 6.45) is 0.355. The molecule has 0 aliphatic heterocycles. The van der Waals surface area contributed by atoms with Crippen molar-refractivity contribution in [3.05, 3.63) is 35.9 Å². The van der Waals surface area contributed by atoms with Gasteiger partial charge in [-0.25, -0.2) is 0 Å². The molecule has 72 valence electrons. The van der Waals surface area contributed by atoms with E-state index in [1.54, 1.807) is 0 Å². The lowest BCUT2D eigenvalue weighted by molar-refractivity contribution is -0.147. The molecule has 0 bridgehead atoms. The van der Waals surface area contributed by atoms with E-state index >= 15 is 0 Å². The normalized spacial score (nSPS) is 19.1. The van der Waals surface area contributed by atoms with Crippen molar-refractivity contribution in [1.82, 2.24) is 0 Å². The molecule has 14 heavy (non-hydrogen) atoms. The summed E-state index contributed by atoms with van der Waals surface area (Å²) >= 11 is 0. The van der Waals surface area contributed by atoms with Gasteiger partial charge in [-0.05, 0) is 5.56 Å². The molecule has 0 spiro atoms. The molecule has 0 heterocycles. The molecular weight excluding hydrogens is 180 g/mol. The number of ketones is 1. The fourth-order valence-corrected chi connectivity index (χ4v) is 1.19. The van der Waals surface area contributed by atoms with Crippen molar-refractivity contribution in [3.8, 4) is 0 Å². The maximum Gasteiger partial charge on any atom is 0.317 e. The third kappa shape index (κ3) is 1.99. The van der Waals surface area contributed by atoms with Crippen LogP contribution in [0.15, 0.2) is 30.3 Å². The highest BCUT2D eigenvalue weighted by atomic mass is 16.5. The van der Waals surface area contributed by atoms with Crippen molar-refractivity contribution in [3.63, 3.8) is 0 Å². The van der Waals surface area contributed by atoms with Gasteiger partial charge in [-0.15, -0.1) is 0 Å². The minimum atomic E-state index is -0.473. The summed E-state index contributed by atoms with van der Waals surface area (Å²) in [7, 11) is 0. The quantitative estimate of drug-likeness (QED) is 0.533. The highest BCUT2D eigenvalue weighted by molar-refractivity contribution is 6.12. The Morgan fingerprint density at radius 1 is 1.36 bits per heavy atom. The van der Waals surface area contributed by atoms with E-state index in [9.17, 15) is 9.59 Å². The summed E-state index contributed by atoms with van der Waals surface area (Å²) in [5, 5.41) is 0. The molecule has 0 saturated heterocycles. The molecule has 1 saturated carbocycles. The number of rotatable bonds is 3. The summed E-state index contributed by atoms with van der Waals surface area (Å²) in [6.45, 7) is 0.253. The van der Waals surface area contributed by atoms with Crippen LogP contribution >= 0.6 is 0 Å². The van der Waals surface area contributed by atoms with Crippen LogP contribution in [0, 0.1) is 5.92 Å². The maximum atomic E-state index is 11.1. The van der Waals surface area contributed by atoms with Crippen LogP contribution in [0.5, 0.6) is 0 Å². The molecular formula is C11H10O3. The Kier molecular flexibility index (Phi) is 2.31. The second kappa shape index (κ2) is 3.62. The van der Waals surface area contributed by atoms with Crippen LogP contribution in [-0.2, 0) is 20.9 Å². The zero-order chi connectivity index (χ0) is 9.97. The molecule has 3 nitrogen and oxygen atoms in total. The minimum absolute atomic E-state index is 0.0111. The van der Waals surface area contributed by atoms with Crippen molar-refractivity contribution in [2.24, 2.45) is 5.92 Å². The third-order valence-electron chi connectivity index (χ3n) is 2.14. The number of benzene rings is 1. The first-order valence-corrected chi connectivity index (χ1v) is 4.50. The van der Waals surface area contributed by atoms with Gasteiger partial charge in [0.05, 0.1) is 0 Å². The van der Waals surface area contributed by atoms with Crippen molar-refractivity contribution >= 4 is 11.8 Å².